The molecule has 0 aliphatic heterocycles. The number of aryl methyl sites for hydroxylation is 2. The fourth-order valence-electron chi connectivity index (χ4n) is 2.33. The Morgan fingerprint density at radius 1 is 1.21 bits per heavy atom. The van der Waals surface area contributed by atoms with E-state index in [1.54, 1.807) is 11.6 Å². The second kappa shape index (κ2) is 4.34. The third-order valence-corrected chi connectivity index (χ3v) is 3.68. The molecule has 1 heterocycles. The number of carbonyl (C=O) groups excluding carboxylic acids is 1. The quantitative estimate of drug-likeness (QED) is 0.737. The van der Waals surface area contributed by atoms with Crippen LogP contribution in [-0.2, 0) is 12.5 Å². The van der Waals surface area contributed by atoms with E-state index in [0.29, 0.717) is 6.29 Å². The maximum atomic E-state index is 12.0. The lowest BCUT2D eigenvalue weighted by molar-refractivity contribution is 0.112. The first-order valence-corrected chi connectivity index (χ1v) is 6.36. The molecule has 19 heavy (non-hydrogen) atoms. The predicted octanol–water partition coefficient (Wildman–Crippen LogP) is 2.96. The predicted molar refractivity (Wildman–Crippen MR) is 78.0 cm³/mol. The molecule has 1 aromatic heterocycles. The van der Waals surface area contributed by atoms with Crippen molar-refractivity contribution in [3.8, 4) is 0 Å². The molecule has 0 unspecified atom stereocenters. The van der Waals surface area contributed by atoms with Crippen molar-refractivity contribution in [2.45, 2.75) is 33.1 Å². The SMILES string of the molecule is Cc1c(C=O)c(=O)n(C)c2ccc(C(C)(C)C)cc12. The van der Waals surface area contributed by atoms with E-state index >= 15 is 0 Å². The monoisotopic (exact) mass is 257 g/mol. The van der Waals surface area contributed by atoms with E-state index in [1.807, 2.05) is 19.1 Å². The van der Waals surface area contributed by atoms with Crippen LogP contribution in [-0.4, -0.2) is 10.9 Å². The molecule has 0 amide bonds. The smallest absolute Gasteiger partial charge is 0.261 e. The molecule has 0 saturated heterocycles. The Morgan fingerprint density at radius 2 is 1.84 bits per heavy atom. The van der Waals surface area contributed by atoms with Crippen molar-refractivity contribution in [3.05, 3.63) is 45.2 Å². The van der Waals surface area contributed by atoms with Crippen LogP contribution in [0, 0.1) is 6.92 Å². The first kappa shape index (κ1) is 13.5. The topological polar surface area (TPSA) is 39.1 Å². The number of benzene rings is 1. The lowest BCUT2D eigenvalue weighted by atomic mass is 9.85. The third kappa shape index (κ3) is 2.09. The summed E-state index contributed by atoms with van der Waals surface area (Å²) < 4.78 is 1.54. The van der Waals surface area contributed by atoms with Crippen LogP contribution >= 0.6 is 0 Å². The number of pyridine rings is 1. The van der Waals surface area contributed by atoms with Gasteiger partial charge in [-0.3, -0.25) is 9.59 Å². The van der Waals surface area contributed by atoms with E-state index in [9.17, 15) is 9.59 Å². The summed E-state index contributed by atoms with van der Waals surface area (Å²) in [6, 6.07) is 6.08. The van der Waals surface area contributed by atoms with Crippen LogP contribution in [0.4, 0.5) is 0 Å². The number of hydrogen-bond donors (Lipinski definition) is 0. The number of fused-ring (bicyclic) bond motifs is 1. The van der Waals surface area contributed by atoms with Gasteiger partial charge >= 0.3 is 0 Å². The molecule has 2 aromatic rings. The van der Waals surface area contributed by atoms with E-state index in [0.717, 1.165) is 16.5 Å². The number of nitrogens with zero attached hydrogens (tertiary/aromatic N) is 1. The number of aldehydes is 1. The molecular formula is C16H19NO2. The molecule has 0 bridgehead atoms. The van der Waals surface area contributed by atoms with Crippen LogP contribution in [0.2, 0.25) is 0 Å². The van der Waals surface area contributed by atoms with E-state index in [1.165, 1.54) is 5.56 Å². The van der Waals surface area contributed by atoms with Crippen molar-refractivity contribution < 1.29 is 4.79 Å². The highest BCUT2D eigenvalue weighted by Gasteiger charge is 2.17. The Kier molecular flexibility index (Phi) is 3.09. The van der Waals surface area contributed by atoms with Crippen molar-refractivity contribution in [1.82, 2.24) is 4.57 Å². The Bertz CT molecular complexity index is 718. The normalized spacial score (nSPS) is 11.8. The minimum absolute atomic E-state index is 0.0384. The molecule has 0 aliphatic rings. The van der Waals surface area contributed by atoms with Gasteiger partial charge in [-0.1, -0.05) is 26.8 Å². The fourth-order valence-corrected chi connectivity index (χ4v) is 2.33. The lowest BCUT2D eigenvalue weighted by Gasteiger charge is -2.20. The van der Waals surface area contributed by atoms with Crippen molar-refractivity contribution in [2.24, 2.45) is 7.05 Å². The second-order valence-electron chi connectivity index (χ2n) is 6.00. The summed E-state index contributed by atoms with van der Waals surface area (Å²) in [6.07, 6.45) is 0.654. The maximum Gasteiger partial charge on any atom is 0.261 e. The van der Waals surface area contributed by atoms with Gasteiger partial charge in [0.1, 0.15) is 0 Å². The summed E-state index contributed by atoms with van der Waals surface area (Å²) >= 11 is 0. The van der Waals surface area contributed by atoms with Crippen molar-refractivity contribution in [1.29, 1.82) is 0 Å². The molecule has 0 atom stereocenters. The van der Waals surface area contributed by atoms with Crippen molar-refractivity contribution >= 4 is 17.2 Å². The standard InChI is InChI=1S/C16H19NO2/c1-10-12-8-11(16(2,3)4)6-7-14(12)17(5)15(19)13(10)9-18/h6-9H,1-5H3. The summed E-state index contributed by atoms with van der Waals surface area (Å²) in [5, 5.41) is 0.969. The number of rotatable bonds is 1. The Balaban J connectivity index is 2.94. The molecule has 100 valence electrons. The highest BCUT2D eigenvalue weighted by molar-refractivity contribution is 5.90. The van der Waals surface area contributed by atoms with Crippen LogP contribution < -0.4 is 5.56 Å². The Labute approximate surface area is 112 Å². The van der Waals surface area contributed by atoms with Gasteiger partial charge in [0.25, 0.3) is 5.56 Å². The molecule has 0 fully saturated rings. The van der Waals surface area contributed by atoms with Crippen LogP contribution in [0.1, 0.15) is 42.3 Å². The highest BCUT2D eigenvalue weighted by Crippen LogP contribution is 2.27. The molecule has 1 aromatic carbocycles. The maximum absolute atomic E-state index is 12.0. The van der Waals surface area contributed by atoms with Gasteiger partial charge in [-0.05, 0) is 35.6 Å². The minimum Gasteiger partial charge on any atom is -0.311 e. The zero-order valence-electron chi connectivity index (χ0n) is 12.1. The van der Waals surface area contributed by atoms with E-state index in [2.05, 4.69) is 26.8 Å². The van der Waals surface area contributed by atoms with Crippen molar-refractivity contribution in [2.75, 3.05) is 0 Å². The van der Waals surface area contributed by atoms with E-state index in [4.69, 9.17) is 0 Å². The van der Waals surface area contributed by atoms with Gasteiger partial charge < -0.3 is 4.57 Å². The molecule has 0 aliphatic carbocycles. The van der Waals surface area contributed by atoms with Crippen LogP contribution in [0.15, 0.2) is 23.0 Å². The van der Waals surface area contributed by atoms with E-state index < -0.39 is 0 Å². The second-order valence-corrected chi connectivity index (χ2v) is 6.00. The van der Waals surface area contributed by atoms with Gasteiger partial charge in [-0.2, -0.15) is 0 Å². The molecule has 0 N–H and O–H groups in total. The Hall–Kier alpha value is -1.90. The van der Waals surface area contributed by atoms with Crippen LogP contribution in [0.25, 0.3) is 10.9 Å². The van der Waals surface area contributed by atoms with Crippen LogP contribution in [0.3, 0.4) is 0 Å². The minimum atomic E-state index is -0.233. The number of hydrogen-bond acceptors (Lipinski definition) is 2. The molecule has 3 heteroatoms. The first-order chi connectivity index (χ1) is 8.77. The van der Waals surface area contributed by atoms with Gasteiger partial charge in [0.15, 0.2) is 6.29 Å². The first-order valence-electron chi connectivity index (χ1n) is 6.36. The zero-order valence-corrected chi connectivity index (χ0v) is 12.1. The summed E-state index contributed by atoms with van der Waals surface area (Å²) in [4.78, 5) is 23.2. The number of carbonyl (C=O) groups is 1. The zero-order chi connectivity index (χ0) is 14.4. The fraction of sp³-hybridized carbons (Fsp3) is 0.375. The summed E-state index contributed by atoms with van der Waals surface area (Å²) in [7, 11) is 1.70. The van der Waals surface area contributed by atoms with Gasteiger partial charge in [0.2, 0.25) is 0 Å². The molecule has 2 rings (SSSR count). The Morgan fingerprint density at radius 3 is 2.37 bits per heavy atom. The average molecular weight is 257 g/mol. The van der Waals surface area contributed by atoms with Gasteiger partial charge in [-0.25, -0.2) is 0 Å². The third-order valence-electron chi connectivity index (χ3n) is 3.68. The summed E-state index contributed by atoms with van der Waals surface area (Å²) in [5.74, 6) is 0. The highest BCUT2D eigenvalue weighted by atomic mass is 16.1. The molecule has 0 radical (unpaired) electrons. The van der Waals surface area contributed by atoms with E-state index in [-0.39, 0.29) is 16.5 Å². The average Bonchev–Trinajstić information content (AvgIpc) is 2.35. The largest absolute Gasteiger partial charge is 0.311 e. The van der Waals surface area contributed by atoms with Crippen molar-refractivity contribution in [3.63, 3.8) is 0 Å². The van der Waals surface area contributed by atoms with Gasteiger partial charge in [0, 0.05) is 12.4 Å². The number of aromatic nitrogens is 1. The summed E-state index contributed by atoms with van der Waals surface area (Å²) in [5.41, 5.74) is 2.87. The molecular weight excluding hydrogens is 238 g/mol. The van der Waals surface area contributed by atoms with Gasteiger partial charge in [-0.15, -0.1) is 0 Å². The van der Waals surface area contributed by atoms with Gasteiger partial charge in [0.05, 0.1) is 11.1 Å². The van der Waals surface area contributed by atoms with Crippen LogP contribution in [0.5, 0.6) is 0 Å². The molecule has 0 spiro atoms. The molecule has 3 nitrogen and oxygen atoms in total. The summed E-state index contributed by atoms with van der Waals surface area (Å²) in [6.45, 7) is 8.27. The lowest BCUT2D eigenvalue weighted by Crippen LogP contribution is -2.23. The molecule has 0 saturated carbocycles.